The van der Waals surface area contributed by atoms with Crippen molar-refractivity contribution in [1.29, 1.82) is 0 Å². The SMILES string of the molecule is CCCCCCCCCCCCCCCCCCCCCCC(=Cc1ccc(OC)c(O)c1)C(=O)O. The van der Waals surface area contributed by atoms with Crippen molar-refractivity contribution in [2.75, 3.05) is 7.11 Å². The predicted octanol–water partition coefficient (Wildman–Crippen LogP) is 10.1. The number of hydrogen-bond acceptors (Lipinski definition) is 3. The van der Waals surface area contributed by atoms with Gasteiger partial charge in [-0.2, -0.15) is 0 Å². The molecule has 1 rings (SSSR count). The lowest BCUT2D eigenvalue weighted by Crippen LogP contribution is -2.00. The number of hydrogen-bond donors (Lipinski definition) is 2. The second-order valence-corrected chi connectivity index (χ2v) is 10.4. The number of benzene rings is 1. The molecule has 1 aromatic rings. The highest BCUT2D eigenvalue weighted by Gasteiger charge is 2.09. The summed E-state index contributed by atoms with van der Waals surface area (Å²) in [7, 11) is 1.49. The first-order valence-corrected chi connectivity index (χ1v) is 14.9. The number of carboxylic acids is 1. The number of carboxylic acid groups (broad SMARTS) is 1. The Labute approximate surface area is 221 Å². The van der Waals surface area contributed by atoms with Crippen molar-refractivity contribution in [3.8, 4) is 11.5 Å². The van der Waals surface area contributed by atoms with Crippen LogP contribution in [0, 0.1) is 0 Å². The monoisotopic (exact) mass is 502 g/mol. The van der Waals surface area contributed by atoms with Crippen LogP contribution >= 0.6 is 0 Å². The molecule has 0 aliphatic carbocycles. The molecular formula is C32H54O4. The van der Waals surface area contributed by atoms with E-state index in [1.807, 2.05) is 0 Å². The number of aliphatic carboxylic acids is 1. The van der Waals surface area contributed by atoms with E-state index in [9.17, 15) is 15.0 Å². The van der Waals surface area contributed by atoms with Crippen molar-refractivity contribution in [3.63, 3.8) is 0 Å². The van der Waals surface area contributed by atoms with E-state index in [-0.39, 0.29) is 5.75 Å². The number of phenols is 1. The van der Waals surface area contributed by atoms with Gasteiger partial charge in [0.15, 0.2) is 11.5 Å². The average Bonchev–Trinajstić information content (AvgIpc) is 2.86. The Bertz CT molecular complexity index is 710. The van der Waals surface area contributed by atoms with Gasteiger partial charge in [-0.25, -0.2) is 4.79 Å². The molecule has 0 fully saturated rings. The van der Waals surface area contributed by atoms with Crippen molar-refractivity contribution in [2.45, 2.75) is 142 Å². The zero-order chi connectivity index (χ0) is 26.3. The molecule has 1 aromatic carbocycles. The molecule has 0 bridgehead atoms. The van der Waals surface area contributed by atoms with E-state index in [1.54, 1.807) is 24.3 Å². The molecule has 0 aliphatic heterocycles. The van der Waals surface area contributed by atoms with E-state index in [4.69, 9.17) is 4.74 Å². The zero-order valence-corrected chi connectivity index (χ0v) is 23.4. The molecular weight excluding hydrogens is 448 g/mol. The molecule has 0 aromatic heterocycles. The third-order valence-corrected chi connectivity index (χ3v) is 7.12. The Morgan fingerprint density at radius 2 is 1.14 bits per heavy atom. The number of carbonyl (C=O) groups is 1. The number of ether oxygens (including phenoxy) is 1. The number of phenolic OH excluding ortho intramolecular Hbond substituents is 1. The first-order valence-electron chi connectivity index (χ1n) is 14.9. The maximum Gasteiger partial charge on any atom is 0.331 e. The highest BCUT2D eigenvalue weighted by atomic mass is 16.5. The van der Waals surface area contributed by atoms with Crippen LogP contribution in [-0.2, 0) is 4.79 Å². The van der Waals surface area contributed by atoms with Gasteiger partial charge in [-0.05, 0) is 36.6 Å². The van der Waals surface area contributed by atoms with Crippen LogP contribution in [-0.4, -0.2) is 23.3 Å². The second-order valence-electron chi connectivity index (χ2n) is 10.4. The summed E-state index contributed by atoms with van der Waals surface area (Å²) >= 11 is 0. The molecule has 0 amide bonds. The summed E-state index contributed by atoms with van der Waals surface area (Å²) in [6, 6.07) is 4.95. The molecule has 0 saturated carbocycles. The van der Waals surface area contributed by atoms with E-state index >= 15 is 0 Å². The van der Waals surface area contributed by atoms with Crippen molar-refractivity contribution >= 4 is 12.0 Å². The summed E-state index contributed by atoms with van der Waals surface area (Å²) in [4.78, 5) is 11.6. The summed E-state index contributed by atoms with van der Waals surface area (Å²) in [5.74, 6) is -0.476. The molecule has 0 atom stereocenters. The molecule has 36 heavy (non-hydrogen) atoms. The van der Waals surface area contributed by atoms with Crippen LogP contribution in [0.5, 0.6) is 11.5 Å². The molecule has 206 valence electrons. The van der Waals surface area contributed by atoms with E-state index in [1.165, 1.54) is 123 Å². The normalized spacial score (nSPS) is 11.7. The smallest absolute Gasteiger partial charge is 0.331 e. The Morgan fingerprint density at radius 1 is 0.722 bits per heavy atom. The second kappa shape index (κ2) is 22.2. The molecule has 4 nitrogen and oxygen atoms in total. The fourth-order valence-corrected chi connectivity index (χ4v) is 4.81. The minimum absolute atomic E-state index is 0.0230. The molecule has 0 aliphatic rings. The predicted molar refractivity (Wildman–Crippen MR) is 153 cm³/mol. The Balaban J connectivity index is 1.95. The average molecular weight is 503 g/mol. The van der Waals surface area contributed by atoms with Crippen LogP contribution in [0.15, 0.2) is 23.8 Å². The van der Waals surface area contributed by atoms with Gasteiger partial charge in [-0.15, -0.1) is 0 Å². The van der Waals surface area contributed by atoms with Gasteiger partial charge in [0, 0.05) is 5.57 Å². The maximum absolute atomic E-state index is 11.6. The van der Waals surface area contributed by atoms with E-state index in [0.29, 0.717) is 23.3 Å². The summed E-state index contributed by atoms with van der Waals surface area (Å²) in [6.45, 7) is 2.28. The molecule has 0 radical (unpaired) electrons. The molecule has 0 unspecified atom stereocenters. The van der Waals surface area contributed by atoms with E-state index in [0.717, 1.165) is 12.8 Å². The van der Waals surface area contributed by atoms with Gasteiger partial charge < -0.3 is 14.9 Å². The van der Waals surface area contributed by atoms with Gasteiger partial charge >= 0.3 is 5.97 Å². The Morgan fingerprint density at radius 3 is 1.50 bits per heavy atom. The van der Waals surface area contributed by atoms with Gasteiger partial charge in [0.25, 0.3) is 0 Å². The van der Waals surface area contributed by atoms with Crippen LogP contribution in [0.25, 0.3) is 6.08 Å². The van der Waals surface area contributed by atoms with Crippen molar-refractivity contribution in [1.82, 2.24) is 0 Å². The third kappa shape index (κ3) is 16.7. The number of aromatic hydroxyl groups is 1. The van der Waals surface area contributed by atoms with Crippen LogP contribution in [0.2, 0.25) is 0 Å². The lowest BCUT2D eigenvalue weighted by Gasteiger charge is -2.06. The minimum Gasteiger partial charge on any atom is -0.504 e. The Kier molecular flexibility index (Phi) is 19.8. The van der Waals surface area contributed by atoms with E-state index < -0.39 is 5.97 Å². The van der Waals surface area contributed by atoms with Crippen LogP contribution < -0.4 is 4.74 Å². The van der Waals surface area contributed by atoms with Gasteiger partial charge in [-0.1, -0.05) is 135 Å². The van der Waals surface area contributed by atoms with Gasteiger partial charge in [-0.3, -0.25) is 0 Å². The van der Waals surface area contributed by atoms with Crippen molar-refractivity contribution in [3.05, 3.63) is 29.3 Å². The van der Waals surface area contributed by atoms with Gasteiger partial charge in [0.2, 0.25) is 0 Å². The van der Waals surface area contributed by atoms with Crippen LogP contribution in [0.1, 0.15) is 147 Å². The standard InChI is InChI=1S/C32H54O4/c1-3-4-5-6-7-8-9-10-11-12-13-14-15-16-17-18-19-20-21-22-23-29(32(34)35)26-28-24-25-31(36-2)30(33)27-28/h24-27,33H,3-23H2,1-2H3,(H,34,35). The number of methoxy groups -OCH3 is 1. The van der Waals surface area contributed by atoms with Crippen LogP contribution in [0.3, 0.4) is 0 Å². The van der Waals surface area contributed by atoms with Gasteiger partial charge in [0.1, 0.15) is 0 Å². The summed E-state index contributed by atoms with van der Waals surface area (Å²) in [5, 5.41) is 19.4. The maximum atomic E-state index is 11.6. The van der Waals surface area contributed by atoms with E-state index in [2.05, 4.69) is 6.92 Å². The lowest BCUT2D eigenvalue weighted by atomic mass is 10.0. The molecule has 0 heterocycles. The largest absolute Gasteiger partial charge is 0.504 e. The van der Waals surface area contributed by atoms with Crippen molar-refractivity contribution in [2.24, 2.45) is 0 Å². The highest BCUT2D eigenvalue weighted by molar-refractivity contribution is 5.92. The minimum atomic E-state index is -0.886. The van der Waals surface area contributed by atoms with Gasteiger partial charge in [0.05, 0.1) is 7.11 Å². The summed E-state index contributed by atoms with van der Waals surface area (Å²) in [5.41, 5.74) is 1.07. The van der Waals surface area contributed by atoms with Crippen molar-refractivity contribution < 1.29 is 19.7 Å². The lowest BCUT2D eigenvalue weighted by molar-refractivity contribution is -0.132. The number of unbranched alkanes of at least 4 members (excludes halogenated alkanes) is 19. The number of rotatable bonds is 24. The third-order valence-electron chi connectivity index (χ3n) is 7.12. The fraction of sp³-hybridized carbons (Fsp3) is 0.719. The fourth-order valence-electron chi connectivity index (χ4n) is 4.81. The molecule has 2 N–H and O–H groups in total. The summed E-state index contributed by atoms with van der Waals surface area (Å²) in [6.07, 6.45) is 29.0. The first kappa shape index (κ1) is 32.1. The quantitative estimate of drug-likeness (QED) is 0.109. The summed E-state index contributed by atoms with van der Waals surface area (Å²) < 4.78 is 5.04. The highest BCUT2D eigenvalue weighted by Crippen LogP contribution is 2.27. The molecule has 0 saturated heterocycles. The Hall–Kier alpha value is -1.97. The zero-order valence-electron chi connectivity index (χ0n) is 23.4. The topological polar surface area (TPSA) is 66.8 Å². The molecule has 0 spiro atoms. The first-order chi connectivity index (χ1) is 17.6. The van der Waals surface area contributed by atoms with Crippen LogP contribution in [0.4, 0.5) is 0 Å². The molecule has 4 heteroatoms.